The molecule has 17 heavy (non-hydrogen) atoms. The molecule has 0 aliphatic carbocycles. The van der Waals surface area contributed by atoms with Crippen LogP contribution in [-0.4, -0.2) is 9.97 Å². The fraction of sp³-hybridized carbons (Fsp3) is 0.417. The van der Waals surface area contributed by atoms with E-state index in [-0.39, 0.29) is 10.9 Å². The number of aromatic nitrogens is 2. The van der Waals surface area contributed by atoms with Gasteiger partial charge >= 0.3 is 6.18 Å². The number of imidazole rings is 1. The van der Waals surface area contributed by atoms with Crippen LogP contribution in [0.2, 0.25) is 0 Å². The lowest BCUT2D eigenvalue weighted by molar-refractivity contribution is -0.136. The minimum atomic E-state index is -4.37. The predicted molar refractivity (Wildman–Crippen MR) is 59.8 cm³/mol. The summed E-state index contributed by atoms with van der Waals surface area (Å²) in [5.74, 6) is 0. The summed E-state index contributed by atoms with van der Waals surface area (Å²) < 4.78 is 38.3. The van der Waals surface area contributed by atoms with Crippen molar-refractivity contribution >= 4 is 11.0 Å². The van der Waals surface area contributed by atoms with Gasteiger partial charge in [-0.25, -0.2) is 4.98 Å². The molecule has 2 nitrogen and oxygen atoms in total. The van der Waals surface area contributed by atoms with Crippen LogP contribution in [0.4, 0.5) is 13.2 Å². The van der Waals surface area contributed by atoms with Crippen molar-refractivity contribution in [2.45, 2.75) is 32.4 Å². The molecule has 0 spiro atoms. The van der Waals surface area contributed by atoms with Crippen molar-refractivity contribution in [1.82, 2.24) is 9.97 Å². The number of alkyl halides is 3. The zero-order chi connectivity index (χ0) is 12.8. The van der Waals surface area contributed by atoms with Crippen LogP contribution in [0, 0.1) is 0 Å². The Morgan fingerprint density at radius 3 is 2.18 bits per heavy atom. The number of rotatable bonds is 0. The van der Waals surface area contributed by atoms with Crippen molar-refractivity contribution in [3.05, 3.63) is 29.6 Å². The number of hydrogen-bond acceptors (Lipinski definition) is 1. The molecule has 0 unspecified atom stereocenters. The molecule has 2 rings (SSSR count). The molecule has 1 N–H and O–H groups in total. The van der Waals surface area contributed by atoms with Gasteiger partial charge in [-0.1, -0.05) is 26.8 Å². The SMILES string of the molecule is CC(C)(C)c1ccc(C(F)(F)F)c2nc[nH]c12. The van der Waals surface area contributed by atoms with Crippen LogP contribution in [0.15, 0.2) is 18.5 Å². The number of nitrogens with zero attached hydrogens (tertiary/aromatic N) is 1. The molecule has 1 aromatic heterocycles. The molecule has 0 bridgehead atoms. The number of halogens is 3. The minimum absolute atomic E-state index is 0.00933. The van der Waals surface area contributed by atoms with Crippen molar-refractivity contribution in [3.8, 4) is 0 Å². The minimum Gasteiger partial charge on any atom is -0.344 e. The molecule has 2 aromatic rings. The molecule has 0 radical (unpaired) electrons. The zero-order valence-corrected chi connectivity index (χ0v) is 9.81. The maximum Gasteiger partial charge on any atom is 0.418 e. The molecular formula is C12H13F3N2. The van der Waals surface area contributed by atoms with E-state index in [1.807, 2.05) is 20.8 Å². The van der Waals surface area contributed by atoms with Gasteiger partial charge in [-0.05, 0) is 17.0 Å². The molecule has 0 fully saturated rings. The molecule has 92 valence electrons. The van der Waals surface area contributed by atoms with Crippen LogP contribution in [-0.2, 0) is 11.6 Å². The van der Waals surface area contributed by atoms with Gasteiger partial charge in [0, 0.05) is 0 Å². The molecule has 1 heterocycles. The van der Waals surface area contributed by atoms with E-state index in [0.717, 1.165) is 11.6 Å². The molecule has 0 saturated heterocycles. The fourth-order valence-electron chi connectivity index (χ4n) is 1.89. The van der Waals surface area contributed by atoms with Crippen molar-refractivity contribution < 1.29 is 13.2 Å². The third kappa shape index (κ3) is 2.01. The van der Waals surface area contributed by atoms with Gasteiger partial charge in [0.05, 0.1) is 17.4 Å². The summed E-state index contributed by atoms with van der Waals surface area (Å²) >= 11 is 0. The summed E-state index contributed by atoms with van der Waals surface area (Å²) in [7, 11) is 0. The maximum absolute atomic E-state index is 12.8. The van der Waals surface area contributed by atoms with Crippen molar-refractivity contribution in [3.63, 3.8) is 0 Å². The quantitative estimate of drug-likeness (QED) is 0.746. The highest BCUT2D eigenvalue weighted by Crippen LogP contribution is 2.37. The molecule has 0 aliphatic rings. The van der Waals surface area contributed by atoms with Gasteiger partial charge in [0.2, 0.25) is 0 Å². The van der Waals surface area contributed by atoms with Crippen LogP contribution < -0.4 is 0 Å². The van der Waals surface area contributed by atoms with Crippen molar-refractivity contribution in [1.29, 1.82) is 0 Å². The third-order valence-corrected chi connectivity index (χ3v) is 2.69. The van der Waals surface area contributed by atoms with Gasteiger partial charge in [0.15, 0.2) is 0 Å². The average Bonchev–Trinajstić information content (AvgIpc) is 2.60. The van der Waals surface area contributed by atoms with Gasteiger partial charge in [0.1, 0.15) is 5.52 Å². The summed E-state index contributed by atoms with van der Waals surface area (Å²) in [5.41, 5.74) is 0.367. The fourth-order valence-corrected chi connectivity index (χ4v) is 1.89. The molecule has 0 amide bonds. The van der Waals surface area contributed by atoms with Crippen LogP contribution >= 0.6 is 0 Å². The Hall–Kier alpha value is -1.52. The van der Waals surface area contributed by atoms with Crippen molar-refractivity contribution in [2.24, 2.45) is 0 Å². The second kappa shape index (κ2) is 3.48. The molecule has 5 heteroatoms. The average molecular weight is 242 g/mol. The van der Waals surface area contributed by atoms with E-state index in [2.05, 4.69) is 9.97 Å². The maximum atomic E-state index is 12.8. The smallest absolute Gasteiger partial charge is 0.344 e. The Morgan fingerprint density at radius 2 is 1.65 bits per heavy atom. The largest absolute Gasteiger partial charge is 0.418 e. The lowest BCUT2D eigenvalue weighted by Crippen LogP contribution is -2.14. The molecular weight excluding hydrogens is 229 g/mol. The number of fused-ring (bicyclic) bond motifs is 1. The highest BCUT2D eigenvalue weighted by Gasteiger charge is 2.34. The van der Waals surface area contributed by atoms with E-state index < -0.39 is 11.7 Å². The van der Waals surface area contributed by atoms with E-state index >= 15 is 0 Å². The number of benzene rings is 1. The Kier molecular flexibility index (Phi) is 2.45. The van der Waals surface area contributed by atoms with Gasteiger partial charge in [-0.3, -0.25) is 0 Å². The van der Waals surface area contributed by atoms with Crippen LogP contribution in [0.1, 0.15) is 31.9 Å². The van der Waals surface area contributed by atoms with E-state index in [0.29, 0.717) is 5.52 Å². The first-order chi connectivity index (χ1) is 7.71. The number of nitrogens with one attached hydrogen (secondary N) is 1. The van der Waals surface area contributed by atoms with E-state index in [1.165, 1.54) is 12.4 Å². The summed E-state index contributed by atoms with van der Waals surface area (Å²) in [6.07, 6.45) is -3.07. The van der Waals surface area contributed by atoms with Crippen LogP contribution in [0.25, 0.3) is 11.0 Å². The Morgan fingerprint density at radius 1 is 1.06 bits per heavy atom. The van der Waals surface area contributed by atoms with E-state index in [9.17, 15) is 13.2 Å². The van der Waals surface area contributed by atoms with Gasteiger partial charge in [-0.15, -0.1) is 0 Å². The number of aromatic amines is 1. The van der Waals surface area contributed by atoms with Gasteiger partial charge < -0.3 is 4.98 Å². The summed E-state index contributed by atoms with van der Waals surface area (Å²) in [6, 6.07) is 2.62. The third-order valence-electron chi connectivity index (χ3n) is 2.69. The van der Waals surface area contributed by atoms with Gasteiger partial charge in [0.25, 0.3) is 0 Å². The lowest BCUT2D eigenvalue weighted by Gasteiger charge is -2.20. The highest BCUT2D eigenvalue weighted by atomic mass is 19.4. The topological polar surface area (TPSA) is 28.7 Å². The first-order valence-electron chi connectivity index (χ1n) is 5.25. The molecule has 1 aromatic carbocycles. The first-order valence-corrected chi connectivity index (χ1v) is 5.25. The predicted octanol–water partition coefficient (Wildman–Crippen LogP) is 3.88. The number of hydrogen-bond donors (Lipinski definition) is 1. The summed E-state index contributed by atoms with van der Waals surface area (Å²) in [4.78, 5) is 6.58. The summed E-state index contributed by atoms with van der Waals surface area (Å²) in [5, 5.41) is 0. The Balaban J connectivity index is 2.76. The molecule has 0 atom stereocenters. The second-order valence-corrected chi connectivity index (χ2v) is 5.03. The number of H-pyrrole nitrogens is 1. The van der Waals surface area contributed by atoms with Crippen LogP contribution in [0.5, 0.6) is 0 Å². The lowest BCUT2D eigenvalue weighted by atomic mass is 9.85. The van der Waals surface area contributed by atoms with E-state index in [4.69, 9.17) is 0 Å². The summed E-state index contributed by atoms with van der Waals surface area (Å²) in [6.45, 7) is 5.86. The first kappa shape index (κ1) is 12.0. The monoisotopic (exact) mass is 242 g/mol. The Bertz CT molecular complexity index is 499. The van der Waals surface area contributed by atoms with E-state index in [1.54, 1.807) is 0 Å². The van der Waals surface area contributed by atoms with Crippen molar-refractivity contribution in [2.75, 3.05) is 0 Å². The Labute approximate surface area is 96.9 Å². The standard InChI is InChI=1S/C12H13F3N2/c1-11(2,3)7-4-5-8(12(13,14)15)10-9(7)16-6-17-10/h4-6H,1-3H3,(H,16,17). The molecule has 0 aliphatic heterocycles. The molecule has 0 saturated carbocycles. The zero-order valence-electron chi connectivity index (χ0n) is 9.81. The van der Waals surface area contributed by atoms with Gasteiger partial charge in [-0.2, -0.15) is 13.2 Å². The second-order valence-electron chi connectivity index (χ2n) is 5.03. The van der Waals surface area contributed by atoms with Crippen LogP contribution in [0.3, 0.4) is 0 Å². The highest BCUT2D eigenvalue weighted by molar-refractivity contribution is 5.83. The normalized spacial score (nSPS) is 13.3.